The Labute approximate surface area is 171 Å². The van der Waals surface area contributed by atoms with E-state index in [1.54, 1.807) is 24.3 Å². The molecule has 28 heavy (non-hydrogen) atoms. The fourth-order valence-electron chi connectivity index (χ4n) is 2.38. The predicted octanol–water partition coefficient (Wildman–Crippen LogP) is 4.31. The molecule has 5 nitrogen and oxygen atoms in total. The Balaban J connectivity index is 1.50. The third-order valence-electron chi connectivity index (χ3n) is 3.65. The summed E-state index contributed by atoms with van der Waals surface area (Å²) in [5, 5.41) is 0. The van der Waals surface area contributed by atoms with Crippen LogP contribution in [0.3, 0.4) is 0 Å². The fourth-order valence-corrected chi connectivity index (χ4v) is 3.34. The first-order valence-electron chi connectivity index (χ1n) is 8.41. The number of carbonyl (C=O) groups is 2. The lowest BCUT2D eigenvalue weighted by Gasteiger charge is -2.11. The highest BCUT2D eigenvalue weighted by molar-refractivity contribution is 7.17. The Bertz CT molecular complexity index is 986. The van der Waals surface area contributed by atoms with E-state index in [0.29, 0.717) is 10.1 Å². The van der Waals surface area contributed by atoms with Crippen LogP contribution in [0, 0.1) is 0 Å². The number of halogens is 1. The van der Waals surface area contributed by atoms with Gasteiger partial charge in [-0.1, -0.05) is 60.1 Å². The van der Waals surface area contributed by atoms with E-state index >= 15 is 0 Å². The third kappa shape index (κ3) is 5.70. The van der Waals surface area contributed by atoms with Crippen molar-refractivity contribution >= 4 is 40.8 Å². The first kappa shape index (κ1) is 19.7. The second kappa shape index (κ2) is 9.73. The molecule has 0 fully saturated rings. The van der Waals surface area contributed by atoms with Crippen LogP contribution in [0.2, 0.25) is 4.34 Å². The maximum atomic E-state index is 12.0. The highest BCUT2D eigenvalue weighted by atomic mass is 35.5. The van der Waals surface area contributed by atoms with Crippen molar-refractivity contribution in [3.8, 4) is 16.9 Å². The minimum atomic E-state index is -0.469. The number of hydrazine groups is 1. The van der Waals surface area contributed by atoms with Gasteiger partial charge in [-0.15, -0.1) is 11.3 Å². The molecule has 2 amide bonds. The second-order valence-corrected chi connectivity index (χ2v) is 7.41. The summed E-state index contributed by atoms with van der Waals surface area (Å²) in [4.78, 5) is 24.6. The van der Waals surface area contributed by atoms with Gasteiger partial charge < -0.3 is 4.74 Å². The fraction of sp³-hybridized carbons (Fsp3) is 0.0476. The van der Waals surface area contributed by atoms with Crippen LogP contribution < -0.4 is 15.6 Å². The van der Waals surface area contributed by atoms with E-state index < -0.39 is 11.8 Å². The molecule has 0 unspecified atom stereocenters. The van der Waals surface area contributed by atoms with Gasteiger partial charge in [-0.05, 0) is 29.8 Å². The quantitative estimate of drug-likeness (QED) is 0.468. The van der Waals surface area contributed by atoms with Gasteiger partial charge in [-0.25, -0.2) is 0 Å². The molecule has 1 aromatic heterocycles. The monoisotopic (exact) mass is 412 g/mol. The number of rotatable bonds is 6. The molecule has 2 N–H and O–H groups in total. The van der Waals surface area contributed by atoms with Crippen molar-refractivity contribution in [2.45, 2.75) is 0 Å². The molecule has 0 aliphatic rings. The van der Waals surface area contributed by atoms with E-state index in [2.05, 4.69) is 10.9 Å². The van der Waals surface area contributed by atoms with Crippen LogP contribution in [0.25, 0.3) is 17.2 Å². The van der Waals surface area contributed by atoms with Gasteiger partial charge in [-0.2, -0.15) is 0 Å². The molecular weight excluding hydrogens is 396 g/mol. The second-order valence-electron chi connectivity index (χ2n) is 5.66. The minimum absolute atomic E-state index is 0.228. The molecule has 3 rings (SSSR count). The standard InChI is InChI=1S/C21H17ClN2O3S/c22-19-12-10-16(28-19)11-13-20(25)23-24-21(26)14-27-18-9-5-4-8-17(18)15-6-2-1-3-7-15/h1-13H,14H2,(H,23,25)(H,24,26)/b13-11+. The molecular formula is C21H17ClN2O3S. The predicted molar refractivity (Wildman–Crippen MR) is 112 cm³/mol. The zero-order valence-corrected chi connectivity index (χ0v) is 16.3. The normalized spacial score (nSPS) is 10.6. The van der Waals surface area contributed by atoms with E-state index in [0.717, 1.165) is 16.0 Å². The summed E-state index contributed by atoms with van der Waals surface area (Å²) in [5.74, 6) is -0.337. The molecule has 0 spiro atoms. The number of thiophene rings is 1. The van der Waals surface area contributed by atoms with Gasteiger partial charge in [-0.3, -0.25) is 20.4 Å². The van der Waals surface area contributed by atoms with Crippen molar-refractivity contribution in [3.05, 3.63) is 82.0 Å². The summed E-state index contributed by atoms with van der Waals surface area (Å²) in [7, 11) is 0. The lowest BCUT2D eigenvalue weighted by Crippen LogP contribution is -2.43. The average molecular weight is 413 g/mol. The molecule has 0 aliphatic carbocycles. The molecule has 7 heteroatoms. The molecule has 0 saturated carbocycles. The van der Waals surface area contributed by atoms with Gasteiger partial charge in [0.15, 0.2) is 6.61 Å². The SMILES string of the molecule is O=C(/C=C/c1ccc(Cl)s1)NNC(=O)COc1ccccc1-c1ccccc1. The number of para-hydroxylation sites is 1. The third-order valence-corrected chi connectivity index (χ3v) is 4.85. The Morgan fingerprint density at radius 1 is 0.964 bits per heavy atom. The van der Waals surface area contributed by atoms with Gasteiger partial charge in [0.2, 0.25) is 0 Å². The Morgan fingerprint density at radius 2 is 1.71 bits per heavy atom. The highest BCUT2D eigenvalue weighted by Gasteiger charge is 2.08. The Morgan fingerprint density at radius 3 is 2.46 bits per heavy atom. The Hall–Kier alpha value is -3.09. The maximum absolute atomic E-state index is 12.0. The van der Waals surface area contributed by atoms with Crippen LogP contribution in [0.4, 0.5) is 0 Å². The first-order chi connectivity index (χ1) is 13.6. The summed E-state index contributed by atoms with van der Waals surface area (Å²) >= 11 is 7.18. The molecule has 0 saturated heterocycles. The van der Waals surface area contributed by atoms with E-state index in [1.807, 2.05) is 48.5 Å². The molecule has 0 aliphatic heterocycles. The van der Waals surface area contributed by atoms with Crippen molar-refractivity contribution in [2.24, 2.45) is 0 Å². The summed E-state index contributed by atoms with van der Waals surface area (Å²) < 4.78 is 6.26. The average Bonchev–Trinajstić information content (AvgIpc) is 3.15. The number of hydrogen-bond donors (Lipinski definition) is 2. The largest absolute Gasteiger partial charge is 0.483 e. The zero-order valence-electron chi connectivity index (χ0n) is 14.7. The summed E-state index contributed by atoms with van der Waals surface area (Å²) in [6.07, 6.45) is 2.93. The van der Waals surface area contributed by atoms with Crippen LogP contribution in [0.5, 0.6) is 5.75 Å². The van der Waals surface area contributed by atoms with Crippen LogP contribution in [-0.4, -0.2) is 18.4 Å². The van der Waals surface area contributed by atoms with Gasteiger partial charge in [0, 0.05) is 16.5 Å². The molecule has 0 atom stereocenters. The van der Waals surface area contributed by atoms with E-state index in [4.69, 9.17) is 16.3 Å². The summed E-state index contributed by atoms with van der Waals surface area (Å²) in [6, 6.07) is 20.7. The van der Waals surface area contributed by atoms with Crippen LogP contribution in [0.15, 0.2) is 72.8 Å². The van der Waals surface area contributed by atoms with Gasteiger partial charge in [0.25, 0.3) is 11.8 Å². The van der Waals surface area contributed by atoms with Gasteiger partial charge >= 0.3 is 0 Å². The maximum Gasteiger partial charge on any atom is 0.276 e. The van der Waals surface area contributed by atoms with E-state index in [-0.39, 0.29) is 6.61 Å². The van der Waals surface area contributed by atoms with Gasteiger partial charge in [0.05, 0.1) is 4.34 Å². The molecule has 1 heterocycles. The number of ether oxygens (including phenoxy) is 1. The van der Waals surface area contributed by atoms with Crippen LogP contribution >= 0.6 is 22.9 Å². The van der Waals surface area contributed by atoms with E-state index in [1.165, 1.54) is 17.4 Å². The smallest absolute Gasteiger partial charge is 0.276 e. The highest BCUT2D eigenvalue weighted by Crippen LogP contribution is 2.29. The summed E-state index contributed by atoms with van der Waals surface area (Å²) in [6.45, 7) is -0.228. The number of amides is 2. The number of hydrogen-bond acceptors (Lipinski definition) is 4. The minimum Gasteiger partial charge on any atom is -0.483 e. The molecule has 3 aromatic rings. The summed E-state index contributed by atoms with van der Waals surface area (Å²) in [5.41, 5.74) is 6.50. The van der Waals surface area contributed by atoms with Crippen LogP contribution in [-0.2, 0) is 9.59 Å². The molecule has 0 radical (unpaired) electrons. The number of carbonyl (C=O) groups excluding carboxylic acids is 2. The lowest BCUT2D eigenvalue weighted by atomic mass is 10.1. The van der Waals surface area contributed by atoms with Crippen molar-refractivity contribution in [1.82, 2.24) is 10.9 Å². The molecule has 2 aromatic carbocycles. The van der Waals surface area contributed by atoms with Crippen LogP contribution in [0.1, 0.15) is 4.88 Å². The van der Waals surface area contributed by atoms with Gasteiger partial charge in [0.1, 0.15) is 5.75 Å². The molecule has 0 bridgehead atoms. The zero-order chi connectivity index (χ0) is 19.8. The Kier molecular flexibility index (Phi) is 6.84. The van der Waals surface area contributed by atoms with E-state index in [9.17, 15) is 9.59 Å². The first-order valence-corrected chi connectivity index (χ1v) is 9.61. The number of benzene rings is 2. The number of nitrogens with one attached hydrogen (secondary N) is 2. The van der Waals surface area contributed by atoms with Crippen molar-refractivity contribution in [3.63, 3.8) is 0 Å². The van der Waals surface area contributed by atoms with Crippen molar-refractivity contribution in [2.75, 3.05) is 6.61 Å². The topological polar surface area (TPSA) is 67.4 Å². The lowest BCUT2D eigenvalue weighted by molar-refractivity contribution is -0.128. The molecule has 142 valence electrons. The van der Waals surface area contributed by atoms with Crippen molar-refractivity contribution in [1.29, 1.82) is 0 Å². The van der Waals surface area contributed by atoms with Crippen molar-refractivity contribution < 1.29 is 14.3 Å².